The van der Waals surface area contributed by atoms with Gasteiger partial charge in [0.2, 0.25) is 0 Å². The first kappa shape index (κ1) is 24.0. The van der Waals surface area contributed by atoms with E-state index in [1.807, 2.05) is 24.3 Å². The van der Waals surface area contributed by atoms with Gasteiger partial charge in [0.05, 0.1) is 16.3 Å². The lowest BCUT2D eigenvalue weighted by molar-refractivity contribution is 0.0950. The van der Waals surface area contributed by atoms with Gasteiger partial charge in [-0.1, -0.05) is 23.7 Å². The van der Waals surface area contributed by atoms with Crippen molar-refractivity contribution in [1.82, 2.24) is 20.2 Å². The molecule has 1 aromatic carbocycles. The molecule has 0 aliphatic carbocycles. The van der Waals surface area contributed by atoms with Gasteiger partial charge in [-0.25, -0.2) is 4.98 Å². The Morgan fingerprint density at radius 3 is 2.56 bits per heavy atom. The maximum atomic E-state index is 12.6. The number of amides is 1. The van der Waals surface area contributed by atoms with Crippen LogP contribution in [0.2, 0.25) is 5.02 Å². The highest BCUT2D eigenvalue weighted by Crippen LogP contribution is 2.21. The monoisotopic (exact) mass is 453 g/mol. The molecule has 3 rings (SSSR count). The van der Waals surface area contributed by atoms with Crippen LogP contribution in [-0.4, -0.2) is 39.4 Å². The summed E-state index contributed by atoms with van der Waals surface area (Å²) in [6.07, 6.45) is 5.03. The number of carbonyl (C=O) groups is 1. The van der Waals surface area contributed by atoms with Crippen LogP contribution in [0, 0.1) is 0 Å². The number of carbonyl (C=O) groups excluding carboxylic acids is 1. The smallest absolute Gasteiger partial charge is 0.253 e. The molecule has 0 aliphatic rings. The van der Waals surface area contributed by atoms with Crippen molar-refractivity contribution in [3.05, 3.63) is 64.6 Å². The molecule has 1 amide bonds. The summed E-state index contributed by atoms with van der Waals surface area (Å²) in [6.45, 7) is 10.2. The van der Waals surface area contributed by atoms with E-state index >= 15 is 0 Å². The zero-order valence-electron chi connectivity index (χ0n) is 19.2. The minimum Gasteiger partial charge on any atom is -0.383 e. The fourth-order valence-corrected chi connectivity index (χ4v) is 4.22. The van der Waals surface area contributed by atoms with Crippen molar-refractivity contribution < 1.29 is 4.79 Å². The Hall–Kier alpha value is -2.70. The Morgan fingerprint density at radius 1 is 1.12 bits per heavy atom. The molecule has 2 heterocycles. The maximum Gasteiger partial charge on any atom is 0.253 e. The average Bonchev–Trinajstić information content (AvgIpc) is 2.75. The summed E-state index contributed by atoms with van der Waals surface area (Å²) >= 11 is 6.44. The number of nitrogens with one attached hydrogen (secondary N) is 1. The van der Waals surface area contributed by atoms with Crippen LogP contribution >= 0.6 is 11.6 Å². The summed E-state index contributed by atoms with van der Waals surface area (Å²) < 4.78 is 0. The van der Waals surface area contributed by atoms with E-state index in [2.05, 4.69) is 47.9 Å². The van der Waals surface area contributed by atoms with Crippen LogP contribution in [0.4, 0.5) is 5.82 Å². The molecule has 32 heavy (non-hydrogen) atoms. The molecule has 0 radical (unpaired) electrons. The Morgan fingerprint density at radius 2 is 1.88 bits per heavy atom. The first-order chi connectivity index (χ1) is 15.3. The molecular formula is C25H32ClN5O. The van der Waals surface area contributed by atoms with Gasteiger partial charge in [-0.05, 0) is 76.2 Å². The largest absolute Gasteiger partial charge is 0.383 e. The Labute approximate surface area is 195 Å². The molecule has 0 bridgehead atoms. The lowest BCUT2D eigenvalue weighted by Gasteiger charge is -2.30. The van der Waals surface area contributed by atoms with Crippen LogP contribution in [0.1, 0.15) is 55.7 Å². The van der Waals surface area contributed by atoms with Crippen LogP contribution in [0.25, 0.3) is 10.8 Å². The van der Waals surface area contributed by atoms with Crippen LogP contribution in [-0.2, 0) is 13.0 Å². The minimum absolute atomic E-state index is 0.203. The summed E-state index contributed by atoms with van der Waals surface area (Å²) in [6, 6.07) is 10.5. The number of aromatic nitrogens is 2. The minimum atomic E-state index is -0.203. The van der Waals surface area contributed by atoms with Crippen molar-refractivity contribution >= 4 is 34.1 Å². The highest BCUT2D eigenvalue weighted by atomic mass is 35.5. The number of fused-ring (bicyclic) bond motifs is 1. The van der Waals surface area contributed by atoms with Crippen molar-refractivity contribution in [2.75, 3.05) is 12.3 Å². The zero-order chi connectivity index (χ0) is 23.3. The third kappa shape index (κ3) is 5.96. The molecule has 0 aliphatic heterocycles. The highest BCUT2D eigenvalue weighted by molar-refractivity contribution is 6.31. The van der Waals surface area contributed by atoms with Crippen LogP contribution < -0.4 is 11.1 Å². The van der Waals surface area contributed by atoms with E-state index in [0.717, 1.165) is 41.4 Å². The number of hydrogen-bond donors (Lipinski definition) is 2. The molecule has 2 aromatic heterocycles. The van der Waals surface area contributed by atoms with Gasteiger partial charge in [0.15, 0.2) is 0 Å². The predicted octanol–water partition coefficient (Wildman–Crippen LogP) is 4.85. The Bertz CT molecular complexity index is 1080. The molecule has 0 spiro atoms. The van der Waals surface area contributed by atoms with E-state index in [0.29, 0.717) is 35.0 Å². The average molecular weight is 454 g/mol. The van der Waals surface area contributed by atoms with Crippen molar-refractivity contribution in [3.63, 3.8) is 0 Å². The van der Waals surface area contributed by atoms with Gasteiger partial charge in [-0.15, -0.1) is 0 Å². The van der Waals surface area contributed by atoms with Crippen molar-refractivity contribution in [1.29, 1.82) is 0 Å². The number of nitrogens with two attached hydrogens (primary N) is 1. The first-order valence-electron chi connectivity index (χ1n) is 11.1. The molecule has 0 saturated carbocycles. The van der Waals surface area contributed by atoms with E-state index in [1.54, 1.807) is 18.5 Å². The zero-order valence-corrected chi connectivity index (χ0v) is 20.0. The number of nitrogen functional groups attached to an aromatic ring is 1. The molecule has 0 unspecified atom stereocenters. The van der Waals surface area contributed by atoms with E-state index in [9.17, 15) is 4.79 Å². The molecule has 3 aromatic rings. The lowest BCUT2D eigenvalue weighted by Crippen LogP contribution is -2.37. The van der Waals surface area contributed by atoms with Gasteiger partial charge in [-0.3, -0.25) is 14.7 Å². The normalized spacial score (nSPS) is 11.6. The molecule has 3 N–H and O–H groups in total. The summed E-state index contributed by atoms with van der Waals surface area (Å²) in [5.41, 5.74) is 8.17. The summed E-state index contributed by atoms with van der Waals surface area (Å²) in [4.78, 5) is 23.6. The number of aryl methyl sites for hydroxylation is 1. The number of anilines is 1. The number of hydrogen-bond acceptors (Lipinski definition) is 5. The second-order valence-corrected chi connectivity index (χ2v) is 9.02. The molecule has 7 heteroatoms. The van der Waals surface area contributed by atoms with Crippen LogP contribution in [0.5, 0.6) is 0 Å². The van der Waals surface area contributed by atoms with Gasteiger partial charge in [0, 0.05) is 36.4 Å². The molecule has 6 nitrogen and oxygen atoms in total. The fourth-order valence-electron chi connectivity index (χ4n) is 3.96. The summed E-state index contributed by atoms with van der Waals surface area (Å²) in [5, 5.41) is 5.36. The Balaban J connectivity index is 1.57. The van der Waals surface area contributed by atoms with Gasteiger partial charge in [-0.2, -0.15) is 0 Å². The molecule has 0 saturated heterocycles. The number of pyridine rings is 2. The highest BCUT2D eigenvalue weighted by Gasteiger charge is 2.14. The van der Waals surface area contributed by atoms with Gasteiger partial charge >= 0.3 is 0 Å². The summed E-state index contributed by atoms with van der Waals surface area (Å²) in [7, 11) is 0. The lowest BCUT2D eigenvalue weighted by atomic mass is 10.1. The van der Waals surface area contributed by atoms with E-state index in [1.165, 1.54) is 0 Å². The first-order valence-corrected chi connectivity index (χ1v) is 11.5. The number of rotatable bonds is 9. The SMILES string of the molecule is CC(C)N(CCCc1ncc(C(=O)NCc2ccc3c(N)nccc3c2)cc1Cl)C(C)C. The second kappa shape index (κ2) is 10.7. The number of halogens is 1. The van der Waals surface area contributed by atoms with E-state index < -0.39 is 0 Å². The topological polar surface area (TPSA) is 84.1 Å². The number of benzene rings is 1. The van der Waals surface area contributed by atoms with Crippen molar-refractivity contribution in [2.24, 2.45) is 0 Å². The second-order valence-electron chi connectivity index (χ2n) is 8.62. The standard InChI is InChI=1S/C25H32ClN5O/c1-16(2)31(17(3)4)11-5-6-23-22(26)13-20(15-29-23)25(32)30-14-18-7-8-21-19(12-18)9-10-28-24(21)27/h7-10,12-13,15-17H,5-6,11,14H2,1-4H3,(H2,27,28)(H,30,32). The molecule has 0 fully saturated rings. The number of nitrogens with zero attached hydrogens (tertiary/aromatic N) is 3. The predicted molar refractivity (Wildman–Crippen MR) is 132 cm³/mol. The van der Waals surface area contributed by atoms with Gasteiger partial charge < -0.3 is 11.1 Å². The third-order valence-corrected chi connectivity index (χ3v) is 5.98. The van der Waals surface area contributed by atoms with Gasteiger partial charge in [0.25, 0.3) is 5.91 Å². The van der Waals surface area contributed by atoms with Crippen LogP contribution in [0.15, 0.2) is 42.7 Å². The molecular weight excluding hydrogens is 422 g/mol. The molecule has 170 valence electrons. The summed E-state index contributed by atoms with van der Waals surface area (Å²) in [5.74, 6) is 0.297. The fraction of sp³-hybridized carbons (Fsp3) is 0.400. The van der Waals surface area contributed by atoms with Crippen LogP contribution in [0.3, 0.4) is 0 Å². The van der Waals surface area contributed by atoms with Crippen molar-refractivity contribution in [2.45, 2.75) is 59.2 Å². The Kier molecular flexibility index (Phi) is 8.04. The quantitative estimate of drug-likeness (QED) is 0.484. The van der Waals surface area contributed by atoms with E-state index in [4.69, 9.17) is 17.3 Å². The maximum absolute atomic E-state index is 12.6. The van der Waals surface area contributed by atoms with E-state index in [-0.39, 0.29) is 5.91 Å². The third-order valence-electron chi connectivity index (χ3n) is 5.65. The molecule has 0 atom stereocenters. The van der Waals surface area contributed by atoms with Crippen molar-refractivity contribution in [3.8, 4) is 0 Å². The van der Waals surface area contributed by atoms with Gasteiger partial charge in [0.1, 0.15) is 5.82 Å².